The van der Waals surface area contributed by atoms with Crippen LogP contribution in [0.3, 0.4) is 0 Å². The van der Waals surface area contributed by atoms with Gasteiger partial charge in [-0.15, -0.1) is 11.3 Å². The first-order valence-electron chi connectivity index (χ1n) is 12.1. The molecule has 0 saturated carbocycles. The van der Waals surface area contributed by atoms with Crippen molar-refractivity contribution >= 4 is 34.4 Å². The maximum atomic E-state index is 12.6. The minimum atomic E-state index is -0.481. The number of carbonyl (C=O) groups is 2. The lowest BCUT2D eigenvalue weighted by atomic mass is 9.88. The summed E-state index contributed by atoms with van der Waals surface area (Å²) in [5, 5.41) is 15.9. The van der Waals surface area contributed by atoms with E-state index in [1.165, 1.54) is 17.4 Å². The monoisotopic (exact) mass is 516 g/mol. The van der Waals surface area contributed by atoms with E-state index in [-0.39, 0.29) is 18.4 Å². The largest absolute Gasteiger partial charge is 0.493 e. The molecular weight excluding hydrogens is 488 g/mol. The van der Waals surface area contributed by atoms with Gasteiger partial charge in [-0.1, -0.05) is 24.3 Å². The lowest BCUT2D eigenvalue weighted by molar-refractivity contribution is -0.111. The van der Waals surface area contributed by atoms with Crippen molar-refractivity contribution in [2.75, 3.05) is 18.5 Å². The van der Waals surface area contributed by atoms with E-state index in [1.54, 1.807) is 12.3 Å². The number of hydrogen-bond donors (Lipinski definition) is 2. The predicted octanol–water partition coefficient (Wildman–Crippen LogP) is 5.10. The standard InChI is InChI=1S/C28H28N4O4S/c1-2-35-24-9-4-3-7-20(24)11-13-26(33)32-27-23(16-29)22-12-10-19(15-25(22)37-27)18-36-28(34)31-17-21-8-5-6-14-30-21/h3-9,11,13-14,19H,2,10,12,15,17-18H2,1H3,(H,31,34)(H,32,33). The molecule has 0 bridgehead atoms. The molecule has 0 aliphatic heterocycles. The van der Waals surface area contributed by atoms with E-state index in [1.807, 2.05) is 49.4 Å². The number of nitriles is 1. The molecule has 190 valence electrons. The number of fused-ring (bicyclic) bond motifs is 1. The molecule has 4 rings (SSSR count). The van der Waals surface area contributed by atoms with E-state index in [9.17, 15) is 14.9 Å². The third kappa shape index (κ3) is 6.96. The van der Waals surface area contributed by atoms with E-state index >= 15 is 0 Å². The fraction of sp³-hybridized carbons (Fsp3) is 0.286. The highest BCUT2D eigenvalue weighted by molar-refractivity contribution is 7.16. The number of rotatable bonds is 9. The van der Waals surface area contributed by atoms with Gasteiger partial charge in [0.15, 0.2) is 0 Å². The molecule has 1 unspecified atom stereocenters. The summed E-state index contributed by atoms with van der Waals surface area (Å²) in [6.07, 6.45) is 6.53. The number of amides is 2. The summed E-state index contributed by atoms with van der Waals surface area (Å²) >= 11 is 1.42. The fourth-order valence-electron chi connectivity index (χ4n) is 4.14. The number of ether oxygens (including phenoxy) is 2. The Hall–Kier alpha value is -4.16. The highest BCUT2D eigenvalue weighted by Gasteiger charge is 2.27. The highest BCUT2D eigenvalue weighted by atomic mass is 32.1. The summed E-state index contributed by atoms with van der Waals surface area (Å²) in [5.74, 6) is 0.541. The van der Waals surface area contributed by atoms with Crippen LogP contribution in [0.15, 0.2) is 54.7 Å². The number of para-hydroxylation sites is 1. The lowest BCUT2D eigenvalue weighted by Gasteiger charge is -2.21. The van der Waals surface area contributed by atoms with Crippen LogP contribution < -0.4 is 15.4 Å². The van der Waals surface area contributed by atoms with E-state index in [4.69, 9.17) is 9.47 Å². The molecular formula is C28H28N4O4S. The number of pyridine rings is 1. The average molecular weight is 517 g/mol. The molecule has 2 amide bonds. The van der Waals surface area contributed by atoms with Gasteiger partial charge in [-0.2, -0.15) is 5.26 Å². The first-order valence-corrected chi connectivity index (χ1v) is 12.9. The fourth-order valence-corrected chi connectivity index (χ4v) is 5.45. The van der Waals surface area contributed by atoms with Crippen molar-refractivity contribution in [2.24, 2.45) is 5.92 Å². The van der Waals surface area contributed by atoms with E-state index in [2.05, 4.69) is 21.7 Å². The van der Waals surface area contributed by atoms with Crippen molar-refractivity contribution in [1.82, 2.24) is 10.3 Å². The predicted molar refractivity (Wildman–Crippen MR) is 142 cm³/mol. The van der Waals surface area contributed by atoms with E-state index in [0.717, 1.165) is 28.1 Å². The topological polar surface area (TPSA) is 113 Å². The van der Waals surface area contributed by atoms with Gasteiger partial charge < -0.3 is 20.1 Å². The number of aromatic nitrogens is 1. The molecule has 1 aromatic carbocycles. The maximum Gasteiger partial charge on any atom is 0.407 e. The number of carbonyl (C=O) groups excluding carboxylic acids is 2. The second-order valence-electron chi connectivity index (χ2n) is 8.50. The van der Waals surface area contributed by atoms with Gasteiger partial charge in [-0.25, -0.2) is 4.79 Å². The highest BCUT2D eigenvalue weighted by Crippen LogP contribution is 2.39. The minimum absolute atomic E-state index is 0.150. The molecule has 3 aromatic rings. The van der Waals surface area contributed by atoms with Crippen LogP contribution >= 0.6 is 11.3 Å². The average Bonchev–Trinajstić information content (AvgIpc) is 3.27. The van der Waals surface area contributed by atoms with Crippen LogP contribution in [-0.4, -0.2) is 30.2 Å². The Morgan fingerprint density at radius 1 is 1.24 bits per heavy atom. The number of anilines is 1. The van der Waals surface area contributed by atoms with Gasteiger partial charge >= 0.3 is 6.09 Å². The number of alkyl carbamates (subject to hydrolysis) is 1. The van der Waals surface area contributed by atoms with Crippen LogP contribution in [0.2, 0.25) is 0 Å². The summed E-state index contributed by atoms with van der Waals surface area (Å²) in [5.41, 5.74) is 3.05. The van der Waals surface area contributed by atoms with Crippen molar-refractivity contribution in [3.63, 3.8) is 0 Å². The summed E-state index contributed by atoms with van der Waals surface area (Å²) in [6, 6.07) is 15.3. The van der Waals surface area contributed by atoms with Crippen molar-refractivity contribution in [3.05, 3.63) is 82.0 Å². The second-order valence-corrected chi connectivity index (χ2v) is 9.60. The van der Waals surface area contributed by atoms with Crippen LogP contribution in [0, 0.1) is 17.2 Å². The van der Waals surface area contributed by atoms with Crippen LogP contribution in [-0.2, 0) is 28.9 Å². The molecule has 1 atom stereocenters. The molecule has 2 aromatic heterocycles. The second kappa shape index (κ2) is 12.7. The van der Waals surface area contributed by atoms with E-state index < -0.39 is 6.09 Å². The van der Waals surface area contributed by atoms with Gasteiger partial charge in [-0.05, 0) is 61.9 Å². The molecule has 1 aliphatic carbocycles. The van der Waals surface area contributed by atoms with Gasteiger partial charge in [-0.3, -0.25) is 9.78 Å². The third-order valence-electron chi connectivity index (χ3n) is 5.94. The summed E-state index contributed by atoms with van der Waals surface area (Å²) in [7, 11) is 0. The van der Waals surface area contributed by atoms with Gasteiger partial charge in [0.05, 0.1) is 31.0 Å². The van der Waals surface area contributed by atoms with Crippen molar-refractivity contribution < 1.29 is 19.1 Å². The SMILES string of the molecule is CCOc1ccccc1C=CC(=O)Nc1sc2c(c1C#N)CCC(COC(=O)NCc1ccccn1)C2. The van der Waals surface area contributed by atoms with Crippen LogP contribution in [0.4, 0.5) is 9.80 Å². The number of benzene rings is 1. The van der Waals surface area contributed by atoms with Gasteiger partial charge in [0.25, 0.3) is 0 Å². The molecule has 0 radical (unpaired) electrons. The summed E-state index contributed by atoms with van der Waals surface area (Å²) < 4.78 is 11.0. The van der Waals surface area contributed by atoms with Gasteiger partial charge in [0, 0.05) is 22.7 Å². The first kappa shape index (κ1) is 25.9. The van der Waals surface area contributed by atoms with Crippen molar-refractivity contribution in [3.8, 4) is 11.8 Å². The van der Waals surface area contributed by atoms with E-state index in [0.29, 0.717) is 42.3 Å². The Balaban J connectivity index is 1.33. The summed E-state index contributed by atoms with van der Waals surface area (Å²) in [6.45, 7) is 3.03. The zero-order valence-corrected chi connectivity index (χ0v) is 21.3. The molecule has 0 spiro atoms. The van der Waals surface area contributed by atoms with Gasteiger partial charge in [0.1, 0.15) is 16.8 Å². The Morgan fingerprint density at radius 2 is 2.08 bits per heavy atom. The Morgan fingerprint density at radius 3 is 2.86 bits per heavy atom. The quantitative estimate of drug-likeness (QED) is 0.383. The molecule has 0 saturated heterocycles. The first-order chi connectivity index (χ1) is 18.1. The smallest absolute Gasteiger partial charge is 0.407 e. The van der Waals surface area contributed by atoms with Crippen LogP contribution in [0.5, 0.6) is 5.75 Å². The minimum Gasteiger partial charge on any atom is -0.493 e. The molecule has 0 fully saturated rings. The Labute approximate surface area is 219 Å². The molecule has 1 aliphatic rings. The normalized spacial score (nSPS) is 14.4. The Bertz CT molecular complexity index is 1310. The molecule has 37 heavy (non-hydrogen) atoms. The molecule has 9 heteroatoms. The van der Waals surface area contributed by atoms with Crippen molar-refractivity contribution in [2.45, 2.75) is 32.7 Å². The number of hydrogen-bond acceptors (Lipinski definition) is 7. The maximum absolute atomic E-state index is 12.6. The summed E-state index contributed by atoms with van der Waals surface area (Å²) in [4.78, 5) is 29.9. The molecule has 2 N–H and O–H groups in total. The third-order valence-corrected chi connectivity index (χ3v) is 7.11. The Kier molecular flexibility index (Phi) is 8.89. The number of thiophene rings is 1. The zero-order valence-electron chi connectivity index (χ0n) is 20.5. The molecule has 2 heterocycles. The van der Waals surface area contributed by atoms with Crippen LogP contribution in [0.1, 0.15) is 40.6 Å². The number of nitrogens with one attached hydrogen (secondary N) is 2. The zero-order chi connectivity index (χ0) is 26.0. The lowest BCUT2D eigenvalue weighted by Crippen LogP contribution is -2.28. The number of nitrogens with zero attached hydrogens (tertiary/aromatic N) is 2. The van der Waals surface area contributed by atoms with Gasteiger partial charge in [0.2, 0.25) is 5.91 Å². The van der Waals surface area contributed by atoms with Crippen LogP contribution in [0.25, 0.3) is 6.08 Å². The molecule has 8 nitrogen and oxygen atoms in total. The van der Waals surface area contributed by atoms with Crippen molar-refractivity contribution in [1.29, 1.82) is 5.26 Å².